The third-order valence-corrected chi connectivity index (χ3v) is 2.76. The van der Waals surface area contributed by atoms with Gasteiger partial charge in [-0.2, -0.15) is 0 Å². The van der Waals surface area contributed by atoms with Crippen LogP contribution in [-0.4, -0.2) is 15.0 Å². The minimum atomic E-state index is 0.0328. The lowest BCUT2D eigenvalue weighted by molar-refractivity contribution is 0.809. The summed E-state index contributed by atoms with van der Waals surface area (Å²) in [6.07, 6.45) is 5.03. The van der Waals surface area contributed by atoms with Gasteiger partial charge in [0.15, 0.2) is 5.15 Å². The highest BCUT2D eigenvalue weighted by Gasteiger charge is 2.11. The van der Waals surface area contributed by atoms with Crippen LogP contribution in [0.1, 0.15) is 24.4 Å². The van der Waals surface area contributed by atoms with Gasteiger partial charge in [-0.25, -0.2) is 4.98 Å². The zero-order valence-corrected chi connectivity index (χ0v) is 10.4. The van der Waals surface area contributed by atoms with Crippen molar-refractivity contribution >= 4 is 17.3 Å². The number of aryl methyl sites for hydroxylation is 1. The number of aromatic nitrogens is 3. The number of pyridine rings is 1. The summed E-state index contributed by atoms with van der Waals surface area (Å²) in [6, 6.07) is 3.76. The Hall–Kier alpha value is -1.68. The monoisotopic (exact) mass is 248 g/mol. The third-order valence-electron chi connectivity index (χ3n) is 2.46. The molecule has 0 aliphatic heterocycles. The van der Waals surface area contributed by atoms with E-state index < -0.39 is 0 Å². The molecule has 2 aromatic rings. The second kappa shape index (κ2) is 5.10. The number of rotatable bonds is 3. The van der Waals surface area contributed by atoms with E-state index in [0.29, 0.717) is 5.15 Å². The fourth-order valence-electron chi connectivity index (χ4n) is 1.64. The zero-order chi connectivity index (χ0) is 12.3. The molecule has 0 aliphatic rings. The maximum atomic E-state index is 5.99. The number of nitrogens with zero attached hydrogens (tertiary/aromatic N) is 3. The molecule has 0 amide bonds. The van der Waals surface area contributed by atoms with E-state index in [0.717, 1.165) is 17.1 Å². The molecule has 0 saturated carbocycles. The lowest BCUT2D eigenvalue weighted by Gasteiger charge is -2.16. The fraction of sp³-hybridized carbons (Fsp3) is 0.250. The average molecular weight is 249 g/mol. The Labute approximate surface area is 105 Å². The van der Waals surface area contributed by atoms with Crippen LogP contribution in [0.4, 0.5) is 5.69 Å². The molecule has 4 nitrogen and oxygen atoms in total. The Morgan fingerprint density at radius 1 is 1.18 bits per heavy atom. The van der Waals surface area contributed by atoms with Gasteiger partial charge in [0.1, 0.15) is 0 Å². The molecule has 2 rings (SSSR count). The molecule has 0 bridgehead atoms. The van der Waals surface area contributed by atoms with Crippen LogP contribution in [0, 0.1) is 6.92 Å². The van der Waals surface area contributed by atoms with Crippen LogP contribution in [-0.2, 0) is 0 Å². The van der Waals surface area contributed by atoms with Gasteiger partial charge in [0.05, 0.1) is 23.1 Å². The quantitative estimate of drug-likeness (QED) is 0.849. The van der Waals surface area contributed by atoms with Crippen molar-refractivity contribution in [3.63, 3.8) is 0 Å². The Bertz CT molecular complexity index is 515. The number of hydrogen-bond donors (Lipinski definition) is 1. The first kappa shape index (κ1) is 11.8. The molecular weight excluding hydrogens is 236 g/mol. The minimum Gasteiger partial charge on any atom is -0.374 e. The van der Waals surface area contributed by atoms with Crippen LogP contribution in [0.15, 0.2) is 30.7 Å². The lowest BCUT2D eigenvalue weighted by Crippen LogP contribution is -2.11. The van der Waals surface area contributed by atoms with Crippen LogP contribution in [0.5, 0.6) is 0 Å². The lowest BCUT2D eigenvalue weighted by atomic mass is 10.2. The summed E-state index contributed by atoms with van der Waals surface area (Å²) in [5.74, 6) is 0. The Morgan fingerprint density at radius 3 is 2.65 bits per heavy atom. The second-order valence-corrected chi connectivity index (χ2v) is 4.09. The van der Waals surface area contributed by atoms with Gasteiger partial charge in [-0.1, -0.05) is 11.6 Å². The Kier molecular flexibility index (Phi) is 3.54. The van der Waals surface area contributed by atoms with Crippen molar-refractivity contribution in [2.75, 3.05) is 5.32 Å². The number of halogens is 1. The topological polar surface area (TPSA) is 50.7 Å². The smallest absolute Gasteiger partial charge is 0.152 e. The summed E-state index contributed by atoms with van der Waals surface area (Å²) in [7, 11) is 0. The van der Waals surface area contributed by atoms with E-state index in [1.54, 1.807) is 18.6 Å². The average Bonchev–Trinajstić information content (AvgIpc) is 2.32. The van der Waals surface area contributed by atoms with Crippen molar-refractivity contribution in [1.82, 2.24) is 15.0 Å². The summed E-state index contributed by atoms with van der Waals surface area (Å²) in [4.78, 5) is 12.5. The molecule has 5 heteroatoms. The summed E-state index contributed by atoms with van der Waals surface area (Å²) in [5, 5.41) is 3.73. The van der Waals surface area contributed by atoms with Gasteiger partial charge in [-0.15, -0.1) is 0 Å². The third kappa shape index (κ3) is 2.71. The van der Waals surface area contributed by atoms with Gasteiger partial charge >= 0.3 is 0 Å². The summed E-state index contributed by atoms with van der Waals surface area (Å²) in [5.41, 5.74) is 2.62. The number of hydrogen-bond acceptors (Lipinski definition) is 4. The van der Waals surface area contributed by atoms with E-state index in [-0.39, 0.29) is 6.04 Å². The SMILES string of the molecule is Cc1nccnc1C(C)Nc1cccnc1Cl. The van der Waals surface area contributed by atoms with Gasteiger partial charge in [-0.05, 0) is 26.0 Å². The van der Waals surface area contributed by atoms with Crippen LogP contribution < -0.4 is 5.32 Å². The summed E-state index contributed by atoms with van der Waals surface area (Å²) < 4.78 is 0. The highest BCUT2D eigenvalue weighted by molar-refractivity contribution is 6.31. The molecule has 88 valence electrons. The van der Waals surface area contributed by atoms with Gasteiger partial charge in [0.2, 0.25) is 0 Å². The predicted octanol–water partition coefficient (Wildman–Crippen LogP) is 3.01. The molecule has 0 radical (unpaired) electrons. The van der Waals surface area contributed by atoms with E-state index in [1.165, 1.54) is 0 Å². The van der Waals surface area contributed by atoms with E-state index in [4.69, 9.17) is 11.6 Å². The maximum Gasteiger partial charge on any atom is 0.152 e. The minimum absolute atomic E-state index is 0.0328. The van der Waals surface area contributed by atoms with Crippen molar-refractivity contribution in [3.05, 3.63) is 47.3 Å². The van der Waals surface area contributed by atoms with Crippen LogP contribution in [0.3, 0.4) is 0 Å². The summed E-state index contributed by atoms with van der Waals surface area (Å²) in [6.45, 7) is 3.95. The van der Waals surface area contributed by atoms with Crippen molar-refractivity contribution in [3.8, 4) is 0 Å². The van der Waals surface area contributed by atoms with E-state index in [9.17, 15) is 0 Å². The molecular formula is C12H13ClN4. The molecule has 0 aliphatic carbocycles. The molecule has 1 atom stereocenters. The molecule has 0 spiro atoms. The molecule has 0 aromatic carbocycles. The standard InChI is InChI=1S/C12H13ClN4/c1-8-11(15-7-6-14-8)9(2)17-10-4-3-5-16-12(10)13/h3-7,9,17H,1-2H3. The highest BCUT2D eigenvalue weighted by atomic mass is 35.5. The van der Waals surface area contributed by atoms with Crippen LogP contribution in [0.2, 0.25) is 5.15 Å². The molecule has 1 N–H and O–H groups in total. The van der Waals surface area contributed by atoms with E-state index >= 15 is 0 Å². The molecule has 17 heavy (non-hydrogen) atoms. The van der Waals surface area contributed by atoms with E-state index in [1.807, 2.05) is 26.0 Å². The maximum absolute atomic E-state index is 5.99. The molecule has 2 heterocycles. The fourth-order valence-corrected chi connectivity index (χ4v) is 1.81. The normalized spacial score (nSPS) is 12.2. The molecule has 0 saturated heterocycles. The molecule has 2 aromatic heterocycles. The second-order valence-electron chi connectivity index (χ2n) is 3.73. The highest BCUT2D eigenvalue weighted by Crippen LogP contribution is 2.23. The van der Waals surface area contributed by atoms with Crippen molar-refractivity contribution in [2.45, 2.75) is 19.9 Å². The Balaban J connectivity index is 2.20. The first-order valence-electron chi connectivity index (χ1n) is 5.33. The van der Waals surface area contributed by atoms with Gasteiger partial charge < -0.3 is 5.32 Å². The van der Waals surface area contributed by atoms with Gasteiger partial charge in [0.25, 0.3) is 0 Å². The Morgan fingerprint density at radius 2 is 1.94 bits per heavy atom. The van der Waals surface area contributed by atoms with Crippen molar-refractivity contribution in [2.24, 2.45) is 0 Å². The zero-order valence-electron chi connectivity index (χ0n) is 9.68. The first-order chi connectivity index (χ1) is 8.18. The van der Waals surface area contributed by atoms with Crippen molar-refractivity contribution in [1.29, 1.82) is 0 Å². The number of nitrogens with one attached hydrogen (secondary N) is 1. The first-order valence-corrected chi connectivity index (χ1v) is 5.71. The van der Waals surface area contributed by atoms with Crippen LogP contribution >= 0.6 is 11.6 Å². The molecule has 1 unspecified atom stereocenters. The van der Waals surface area contributed by atoms with Gasteiger partial charge in [0, 0.05) is 18.6 Å². The number of anilines is 1. The van der Waals surface area contributed by atoms with Crippen molar-refractivity contribution < 1.29 is 0 Å². The molecule has 0 fully saturated rings. The predicted molar refractivity (Wildman–Crippen MR) is 68.1 cm³/mol. The van der Waals surface area contributed by atoms with Gasteiger partial charge in [-0.3, -0.25) is 9.97 Å². The largest absolute Gasteiger partial charge is 0.374 e. The van der Waals surface area contributed by atoms with E-state index in [2.05, 4.69) is 20.3 Å². The van der Waals surface area contributed by atoms with Crippen LogP contribution in [0.25, 0.3) is 0 Å². The summed E-state index contributed by atoms with van der Waals surface area (Å²) >= 11 is 5.99.